The van der Waals surface area contributed by atoms with Gasteiger partial charge in [-0.15, -0.1) is 0 Å². The van der Waals surface area contributed by atoms with E-state index in [1.54, 1.807) is 25.2 Å². The Bertz CT molecular complexity index is 550. The minimum Gasteiger partial charge on any atom is -0.401 e. The first kappa shape index (κ1) is 16.0. The van der Waals surface area contributed by atoms with Crippen LogP contribution in [-0.2, 0) is 0 Å². The van der Waals surface area contributed by atoms with Crippen LogP contribution in [0.1, 0.15) is 29.8 Å². The lowest BCUT2D eigenvalue weighted by atomic mass is 9.87. The Kier molecular flexibility index (Phi) is 5.56. The van der Waals surface area contributed by atoms with Gasteiger partial charge in [0.2, 0.25) is 0 Å². The second kappa shape index (κ2) is 6.94. The Balaban J connectivity index is 3.20. The van der Waals surface area contributed by atoms with Gasteiger partial charge in [0.15, 0.2) is 0 Å². The molecule has 104 valence electrons. The van der Waals surface area contributed by atoms with Gasteiger partial charge in [0.05, 0.1) is 6.54 Å². The molecule has 1 aromatic carbocycles. The molecule has 4 nitrogen and oxygen atoms in total. The third kappa shape index (κ3) is 3.98. The molecule has 0 atom stereocenters. The summed E-state index contributed by atoms with van der Waals surface area (Å²) < 4.78 is 0. The number of hydrogen-bond donors (Lipinski definition) is 2. The van der Waals surface area contributed by atoms with E-state index in [-0.39, 0.29) is 18.4 Å². The maximum absolute atomic E-state index is 12.2. The highest BCUT2D eigenvalue weighted by molar-refractivity contribution is 6.33. The summed E-state index contributed by atoms with van der Waals surface area (Å²) in [7, 11) is 7.53. The molecule has 0 aliphatic heterocycles. The highest BCUT2D eigenvalue weighted by atomic mass is 16.1. The van der Waals surface area contributed by atoms with Crippen molar-refractivity contribution in [2.45, 2.75) is 13.8 Å². The van der Waals surface area contributed by atoms with Gasteiger partial charge in [-0.25, -0.2) is 0 Å². The second-order valence-corrected chi connectivity index (χ2v) is 4.91. The minimum atomic E-state index is -0.214. The Morgan fingerprint density at radius 3 is 2.60 bits per heavy atom. The third-order valence-electron chi connectivity index (χ3n) is 2.83. The average molecular weight is 269 g/mol. The number of carbonyl (C=O) groups is 1. The summed E-state index contributed by atoms with van der Waals surface area (Å²) in [6.45, 7) is 7.84. The number of amides is 1. The van der Waals surface area contributed by atoms with Crippen LogP contribution >= 0.6 is 0 Å². The van der Waals surface area contributed by atoms with Crippen molar-refractivity contribution in [2.75, 3.05) is 13.6 Å². The molecule has 2 radical (unpaired) electrons. The van der Waals surface area contributed by atoms with Gasteiger partial charge in [-0.2, -0.15) is 0 Å². The molecular formula is C15H20BN3O. The SMILES string of the molecule is [B]c1ccc(C(=O)NCC(=C)N)c(C(=NC)C(C)C)c1. The molecule has 0 saturated carbocycles. The van der Waals surface area contributed by atoms with Gasteiger partial charge in [0.1, 0.15) is 7.85 Å². The molecule has 5 heteroatoms. The van der Waals surface area contributed by atoms with Gasteiger partial charge in [0, 0.05) is 29.6 Å². The number of hydrogen-bond acceptors (Lipinski definition) is 3. The molecule has 0 aromatic heterocycles. The third-order valence-corrected chi connectivity index (χ3v) is 2.83. The molecule has 1 rings (SSSR count). The Morgan fingerprint density at radius 1 is 1.45 bits per heavy atom. The van der Waals surface area contributed by atoms with Crippen LogP contribution in [0.15, 0.2) is 35.5 Å². The van der Waals surface area contributed by atoms with Crippen molar-refractivity contribution in [3.63, 3.8) is 0 Å². The van der Waals surface area contributed by atoms with Gasteiger partial charge in [-0.05, 0) is 12.0 Å². The first-order valence-corrected chi connectivity index (χ1v) is 6.44. The summed E-state index contributed by atoms with van der Waals surface area (Å²) in [4.78, 5) is 16.5. The number of rotatable bonds is 5. The number of nitrogens with one attached hydrogen (secondary N) is 1. The molecule has 1 amide bonds. The molecule has 1 aromatic rings. The summed E-state index contributed by atoms with van der Waals surface area (Å²) in [5.74, 6) is -0.0220. The lowest BCUT2D eigenvalue weighted by molar-refractivity contribution is 0.0956. The van der Waals surface area contributed by atoms with Crippen LogP contribution in [0.3, 0.4) is 0 Å². The van der Waals surface area contributed by atoms with Gasteiger partial charge >= 0.3 is 0 Å². The maximum Gasteiger partial charge on any atom is 0.252 e. The average Bonchev–Trinajstić information content (AvgIpc) is 2.36. The summed E-state index contributed by atoms with van der Waals surface area (Å²) in [6.07, 6.45) is 0. The Morgan fingerprint density at radius 2 is 2.10 bits per heavy atom. The van der Waals surface area contributed by atoms with Crippen LogP contribution in [0, 0.1) is 5.92 Å². The van der Waals surface area contributed by atoms with Crippen molar-refractivity contribution in [1.82, 2.24) is 5.32 Å². The molecule has 0 fully saturated rings. The van der Waals surface area contributed by atoms with E-state index < -0.39 is 0 Å². The van der Waals surface area contributed by atoms with Crippen LogP contribution in [0.4, 0.5) is 0 Å². The molecule has 0 saturated heterocycles. The molecule has 0 unspecified atom stereocenters. The predicted molar refractivity (Wildman–Crippen MR) is 84.8 cm³/mol. The first-order valence-electron chi connectivity index (χ1n) is 6.44. The molecule has 0 aliphatic rings. The van der Waals surface area contributed by atoms with E-state index >= 15 is 0 Å². The molecular weight excluding hydrogens is 249 g/mol. The summed E-state index contributed by atoms with van der Waals surface area (Å²) in [6, 6.07) is 5.17. The van der Waals surface area contributed by atoms with Gasteiger partial charge in [0.25, 0.3) is 5.91 Å². The van der Waals surface area contributed by atoms with Crippen molar-refractivity contribution in [3.05, 3.63) is 41.6 Å². The maximum atomic E-state index is 12.2. The molecule has 0 spiro atoms. The highest BCUT2D eigenvalue weighted by Gasteiger charge is 2.17. The molecule has 0 bridgehead atoms. The van der Waals surface area contributed by atoms with Crippen LogP contribution in [-0.4, -0.2) is 33.1 Å². The van der Waals surface area contributed by atoms with E-state index in [9.17, 15) is 4.79 Å². The van der Waals surface area contributed by atoms with E-state index in [0.717, 1.165) is 11.3 Å². The van der Waals surface area contributed by atoms with E-state index in [2.05, 4.69) is 16.9 Å². The Hall–Kier alpha value is -2.04. The van der Waals surface area contributed by atoms with E-state index in [1.165, 1.54) is 0 Å². The summed E-state index contributed by atoms with van der Waals surface area (Å²) >= 11 is 0. The number of benzene rings is 1. The van der Waals surface area contributed by atoms with E-state index in [4.69, 9.17) is 13.6 Å². The normalized spacial score (nSPS) is 11.5. The number of nitrogens with zero attached hydrogens (tertiary/aromatic N) is 1. The lowest BCUT2D eigenvalue weighted by Crippen LogP contribution is -2.30. The zero-order chi connectivity index (χ0) is 15.3. The number of aliphatic imine (C=N–C) groups is 1. The molecule has 0 heterocycles. The second-order valence-electron chi connectivity index (χ2n) is 4.91. The Labute approximate surface area is 121 Å². The fourth-order valence-electron chi connectivity index (χ4n) is 1.95. The van der Waals surface area contributed by atoms with Gasteiger partial charge in [-0.1, -0.05) is 38.0 Å². The van der Waals surface area contributed by atoms with Crippen molar-refractivity contribution in [2.24, 2.45) is 16.6 Å². The van der Waals surface area contributed by atoms with Crippen molar-refractivity contribution in [3.8, 4) is 0 Å². The molecule has 20 heavy (non-hydrogen) atoms. The van der Waals surface area contributed by atoms with Crippen molar-refractivity contribution >= 4 is 24.9 Å². The first-order chi connectivity index (χ1) is 9.36. The summed E-state index contributed by atoms with van der Waals surface area (Å²) in [5.41, 5.74) is 8.60. The quantitative estimate of drug-likeness (QED) is 0.612. The van der Waals surface area contributed by atoms with E-state index in [0.29, 0.717) is 16.7 Å². The van der Waals surface area contributed by atoms with Gasteiger partial charge in [-0.3, -0.25) is 9.79 Å². The van der Waals surface area contributed by atoms with Crippen LogP contribution in [0.5, 0.6) is 0 Å². The zero-order valence-electron chi connectivity index (χ0n) is 12.2. The topological polar surface area (TPSA) is 67.5 Å². The lowest BCUT2D eigenvalue weighted by Gasteiger charge is -2.15. The standard InChI is InChI=1S/C15H20BN3O/c1-9(2)14(18-4)13-7-11(16)5-6-12(13)15(20)19-8-10(3)17/h5-7,9H,3,8,17H2,1-2,4H3,(H,19,20). The fourth-order valence-corrected chi connectivity index (χ4v) is 1.95. The number of nitrogens with two attached hydrogens (primary N) is 1. The van der Waals surface area contributed by atoms with Gasteiger partial charge < -0.3 is 11.1 Å². The van der Waals surface area contributed by atoms with Crippen molar-refractivity contribution in [1.29, 1.82) is 0 Å². The highest BCUT2D eigenvalue weighted by Crippen LogP contribution is 2.14. The minimum absolute atomic E-state index is 0.192. The monoisotopic (exact) mass is 269 g/mol. The molecule has 0 aliphatic carbocycles. The number of carbonyl (C=O) groups excluding carboxylic acids is 1. The van der Waals surface area contributed by atoms with Crippen LogP contribution in [0.2, 0.25) is 0 Å². The predicted octanol–water partition coefficient (Wildman–Crippen LogP) is 0.757. The van der Waals surface area contributed by atoms with Crippen molar-refractivity contribution < 1.29 is 4.79 Å². The fraction of sp³-hybridized carbons (Fsp3) is 0.333. The summed E-state index contributed by atoms with van der Waals surface area (Å²) in [5, 5.41) is 2.72. The molecule has 3 N–H and O–H groups in total. The zero-order valence-corrected chi connectivity index (χ0v) is 12.2. The van der Waals surface area contributed by atoms with E-state index in [1.807, 2.05) is 13.8 Å². The largest absolute Gasteiger partial charge is 0.401 e. The van der Waals surface area contributed by atoms with Crippen LogP contribution in [0.25, 0.3) is 0 Å². The van der Waals surface area contributed by atoms with Crippen LogP contribution < -0.4 is 16.5 Å². The smallest absolute Gasteiger partial charge is 0.252 e.